The summed E-state index contributed by atoms with van der Waals surface area (Å²) >= 11 is 0. The van der Waals surface area contributed by atoms with E-state index in [0.29, 0.717) is 13.0 Å². The molecule has 1 heterocycles. The van der Waals surface area contributed by atoms with E-state index >= 15 is 0 Å². The third-order valence-corrected chi connectivity index (χ3v) is 1.67. The van der Waals surface area contributed by atoms with Gasteiger partial charge in [-0.25, -0.2) is 0 Å². The second-order valence-corrected chi connectivity index (χ2v) is 2.77. The molecule has 0 saturated heterocycles. The van der Waals surface area contributed by atoms with Crippen LogP contribution in [0.3, 0.4) is 0 Å². The lowest BCUT2D eigenvalue weighted by Gasteiger charge is -1.98. The summed E-state index contributed by atoms with van der Waals surface area (Å²) in [6.45, 7) is 0.389. The van der Waals surface area contributed by atoms with Gasteiger partial charge in [-0.1, -0.05) is 43.9 Å². The largest absolute Gasteiger partial charge is 0.461 e. The zero-order valence-electron chi connectivity index (χ0n) is 7.61. The van der Waals surface area contributed by atoms with E-state index in [1.807, 2.05) is 24.3 Å². The van der Waals surface area contributed by atoms with Crippen LogP contribution in [0.5, 0.6) is 0 Å². The molecule has 0 amide bonds. The smallest absolute Gasteiger partial charge is 0.309 e. The highest BCUT2D eigenvalue weighted by Gasteiger charge is 1.96. The highest BCUT2D eigenvalue weighted by atomic mass is 16.5. The maximum absolute atomic E-state index is 11.0. The first-order chi connectivity index (χ1) is 6.39. The molecule has 78 valence electrons. The standard InChI is InChI=1S/C11H14O2.CH4/c12-11-9-7-5-3-1-2-4-6-8-10-13-11;/h1-2,5-8H,3-4,9-10H2;1H4. The molecule has 0 spiro atoms. The fraction of sp³-hybridized carbons (Fsp3) is 0.417. The SMILES string of the molecule is C.O=C1CC=CCC=CCC=CCO1. The Morgan fingerprint density at radius 2 is 1.50 bits per heavy atom. The fourth-order valence-electron chi connectivity index (χ4n) is 0.990. The van der Waals surface area contributed by atoms with Crippen molar-refractivity contribution in [2.45, 2.75) is 26.7 Å². The van der Waals surface area contributed by atoms with Crippen molar-refractivity contribution >= 4 is 5.97 Å². The van der Waals surface area contributed by atoms with Crippen LogP contribution in [0.4, 0.5) is 0 Å². The minimum Gasteiger partial charge on any atom is -0.461 e. The molecule has 1 rings (SSSR count). The summed E-state index contributed by atoms with van der Waals surface area (Å²) < 4.78 is 4.91. The predicted octanol–water partition coefficient (Wildman–Crippen LogP) is 3.02. The molecule has 0 atom stereocenters. The van der Waals surface area contributed by atoms with Crippen LogP contribution in [-0.2, 0) is 9.53 Å². The number of allylic oxidation sites excluding steroid dienone is 4. The Kier molecular flexibility index (Phi) is 7.52. The van der Waals surface area contributed by atoms with Gasteiger partial charge in [-0.15, -0.1) is 0 Å². The van der Waals surface area contributed by atoms with Gasteiger partial charge < -0.3 is 4.74 Å². The number of hydrogen-bond acceptors (Lipinski definition) is 2. The van der Waals surface area contributed by atoms with Crippen LogP contribution in [0.15, 0.2) is 36.5 Å². The molecule has 14 heavy (non-hydrogen) atoms. The minimum absolute atomic E-state index is 0. The Morgan fingerprint density at radius 1 is 0.929 bits per heavy atom. The molecular formula is C12H18O2. The van der Waals surface area contributed by atoms with Gasteiger partial charge in [0.25, 0.3) is 0 Å². The first-order valence-electron chi connectivity index (χ1n) is 4.50. The molecule has 0 aromatic rings. The highest BCUT2D eigenvalue weighted by molar-refractivity contribution is 5.71. The first kappa shape index (κ1) is 12.7. The summed E-state index contributed by atoms with van der Waals surface area (Å²) in [5, 5.41) is 0. The summed E-state index contributed by atoms with van der Waals surface area (Å²) in [5.41, 5.74) is 0. The Labute approximate surface area is 86.0 Å². The lowest BCUT2D eigenvalue weighted by atomic mass is 10.2. The van der Waals surface area contributed by atoms with Gasteiger partial charge in [0.05, 0.1) is 6.42 Å². The molecule has 0 radical (unpaired) electrons. The van der Waals surface area contributed by atoms with Gasteiger partial charge in [-0.05, 0) is 12.8 Å². The zero-order valence-corrected chi connectivity index (χ0v) is 7.61. The Hall–Kier alpha value is -1.31. The summed E-state index contributed by atoms with van der Waals surface area (Å²) in [5.74, 6) is -0.162. The van der Waals surface area contributed by atoms with Gasteiger partial charge in [0.2, 0.25) is 0 Å². The quantitative estimate of drug-likeness (QED) is 0.437. The van der Waals surface area contributed by atoms with E-state index in [0.717, 1.165) is 12.8 Å². The molecule has 0 N–H and O–H groups in total. The van der Waals surface area contributed by atoms with Gasteiger partial charge in [-0.3, -0.25) is 4.79 Å². The number of carbonyl (C=O) groups excluding carboxylic acids is 1. The molecular weight excluding hydrogens is 176 g/mol. The van der Waals surface area contributed by atoms with Gasteiger partial charge in [0, 0.05) is 0 Å². The maximum atomic E-state index is 11.0. The van der Waals surface area contributed by atoms with Gasteiger partial charge in [0.1, 0.15) is 6.61 Å². The molecule has 0 aromatic carbocycles. The zero-order chi connectivity index (χ0) is 9.36. The number of hydrogen-bond donors (Lipinski definition) is 0. The van der Waals surface area contributed by atoms with Crippen molar-refractivity contribution in [3.8, 4) is 0 Å². The number of ether oxygens (including phenoxy) is 1. The van der Waals surface area contributed by atoms with Gasteiger partial charge >= 0.3 is 5.97 Å². The van der Waals surface area contributed by atoms with Gasteiger partial charge in [-0.2, -0.15) is 0 Å². The van der Waals surface area contributed by atoms with Crippen LogP contribution in [0.1, 0.15) is 26.7 Å². The second kappa shape index (κ2) is 8.30. The summed E-state index contributed by atoms with van der Waals surface area (Å²) in [6.07, 6.45) is 14.1. The van der Waals surface area contributed by atoms with Crippen molar-refractivity contribution in [3.63, 3.8) is 0 Å². The second-order valence-electron chi connectivity index (χ2n) is 2.77. The molecule has 1 aliphatic rings. The predicted molar refractivity (Wildman–Crippen MR) is 59.0 cm³/mol. The van der Waals surface area contributed by atoms with E-state index in [9.17, 15) is 4.79 Å². The summed E-state index contributed by atoms with van der Waals surface area (Å²) in [6, 6.07) is 0. The van der Waals surface area contributed by atoms with E-state index < -0.39 is 0 Å². The van der Waals surface area contributed by atoms with E-state index in [-0.39, 0.29) is 13.4 Å². The number of cyclic esters (lactones) is 1. The van der Waals surface area contributed by atoms with E-state index in [1.54, 1.807) is 0 Å². The summed E-state index contributed by atoms with van der Waals surface area (Å²) in [4.78, 5) is 11.0. The van der Waals surface area contributed by atoms with E-state index in [4.69, 9.17) is 4.74 Å². The van der Waals surface area contributed by atoms with Crippen LogP contribution in [0, 0.1) is 0 Å². The monoisotopic (exact) mass is 194 g/mol. The highest BCUT2D eigenvalue weighted by Crippen LogP contribution is 1.96. The molecule has 0 saturated carbocycles. The van der Waals surface area contributed by atoms with Gasteiger partial charge in [0.15, 0.2) is 0 Å². The normalized spacial score (nSPS) is 17.6. The van der Waals surface area contributed by atoms with Crippen LogP contribution in [0.2, 0.25) is 0 Å². The molecule has 0 unspecified atom stereocenters. The Balaban J connectivity index is 0.00000169. The van der Waals surface area contributed by atoms with E-state index in [2.05, 4.69) is 12.2 Å². The topological polar surface area (TPSA) is 26.3 Å². The molecule has 2 nitrogen and oxygen atoms in total. The third-order valence-electron chi connectivity index (χ3n) is 1.67. The fourth-order valence-corrected chi connectivity index (χ4v) is 0.990. The average molecular weight is 194 g/mol. The first-order valence-corrected chi connectivity index (χ1v) is 4.50. The Morgan fingerprint density at radius 3 is 2.21 bits per heavy atom. The van der Waals surface area contributed by atoms with Crippen molar-refractivity contribution in [2.24, 2.45) is 0 Å². The summed E-state index contributed by atoms with van der Waals surface area (Å²) in [7, 11) is 0. The molecule has 2 heteroatoms. The number of esters is 1. The van der Waals surface area contributed by atoms with Crippen LogP contribution >= 0.6 is 0 Å². The minimum atomic E-state index is -0.162. The lowest BCUT2D eigenvalue weighted by molar-refractivity contribution is -0.141. The van der Waals surface area contributed by atoms with Crippen molar-refractivity contribution in [3.05, 3.63) is 36.5 Å². The molecule has 1 aliphatic heterocycles. The number of rotatable bonds is 0. The van der Waals surface area contributed by atoms with Crippen molar-refractivity contribution < 1.29 is 9.53 Å². The lowest BCUT2D eigenvalue weighted by Crippen LogP contribution is -2.02. The molecule has 0 fully saturated rings. The van der Waals surface area contributed by atoms with Crippen LogP contribution in [-0.4, -0.2) is 12.6 Å². The van der Waals surface area contributed by atoms with Crippen molar-refractivity contribution in [2.75, 3.05) is 6.61 Å². The molecule has 0 aliphatic carbocycles. The van der Waals surface area contributed by atoms with Crippen molar-refractivity contribution in [1.29, 1.82) is 0 Å². The van der Waals surface area contributed by atoms with E-state index in [1.165, 1.54) is 0 Å². The third kappa shape index (κ3) is 6.23. The molecule has 0 bridgehead atoms. The van der Waals surface area contributed by atoms with Crippen LogP contribution < -0.4 is 0 Å². The van der Waals surface area contributed by atoms with Crippen LogP contribution in [0.25, 0.3) is 0 Å². The Bertz CT molecular complexity index is 237. The average Bonchev–Trinajstić information content (AvgIpc) is 2.11. The van der Waals surface area contributed by atoms with Crippen molar-refractivity contribution in [1.82, 2.24) is 0 Å². The maximum Gasteiger partial charge on any atom is 0.309 e. The molecule has 0 aromatic heterocycles. The number of carbonyl (C=O) groups is 1.